The van der Waals surface area contributed by atoms with Gasteiger partial charge in [0.15, 0.2) is 11.5 Å². The molecule has 0 radical (unpaired) electrons. The van der Waals surface area contributed by atoms with Crippen molar-refractivity contribution < 1.29 is 14.6 Å². The molecule has 116 valence electrons. The molecule has 1 aromatic rings. The first-order valence-corrected chi connectivity index (χ1v) is 8.00. The van der Waals surface area contributed by atoms with Gasteiger partial charge in [-0.25, -0.2) is 0 Å². The topological polar surface area (TPSA) is 50.7 Å². The highest BCUT2D eigenvalue weighted by molar-refractivity contribution is 6.32. The van der Waals surface area contributed by atoms with Crippen molar-refractivity contribution in [3.05, 3.63) is 22.7 Å². The van der Waals surface area contributed by atoms with E-state index in [2.05, 4.69) is 5.32 Å². The summed E-state index contributed by atoms with van der Waals surface area (Å²) in [7, 11) is 0. The van der Waals surface area contributed by atoms with Crippen LogP contribution in [0.15, 0.2) is 12.1 Å². The molecule has 2 aliphatic rings. The largest absolute Gasteiger partial charge is 0.486 e. The first-order chi connectivity index (χ1) is 10.2. The molecule has 0 aromatic heterocycles. The second-order valence-electron chi connectivity index (χ2n) is 6.07. The summed E-state index contributed by atoms with van der Waals surface area (Å²) in [6, 6.07) is 3.90. The lowest BCUT2D eigenvalue weighted by Gasteiger charge is -2.27. The zero-order valence-corrected chi connectivity index (χ0v) is 12.9. The van der Waals surface area contributed by atoms with E-state index in [9.17, 15) is 5.11 Å². The summed E-state index contributed by atoms with van der Waals surface area (Å²) in [6.45, 7) is 2.94. The third kappa shape index (κ3) is 3.28. The SMILES string of the molecule is OCC1(CNCc2cc(Cl)c3c(c2)OCCO3)CCCC1. The van der Waals surface area contributed by atoms with Crippen LogP contribution >= 0.6 is 11.6 Å². The van der Waals surface area contributed by atoms with Gasteiger partial charge < -0.3 is 19.9 Å². The predicted molar refractivity (Wildman–Crippen MR) is 82.1 cm³/mol. The van der Waals surface area contributed by atoms with Crippen molar-refractivity contribution in [2.45, 2.75) is 32.2 Å². The van der Waals surface area contributed by atoms with Crippen LogP contribution in [0.3, 0.4) is 0 Å². The fourth-order valence-electron chi connectivity index (χ4n) is 3.25. The van der Waals surface area contributed by atoms with Crippen LogP contribution in [0.1, 0.15) is 31.2 Å². The average Bonchev–Trinajstić information content (AvgIpc) is 2.97. The molecule has 1 aliphatic carbocycles. The Labute approximate surface area is 130 Å². The van der Waals surface area contributed by atoms with Crippen LogP contribution in [0.4, 0.5) is 0 Å². The third-order valence-corrected chi connectivity index (χ3v) is 4.77. The Morgan fingerprint density at radius 2 is 1.95 bits per heavy atom. The summed E-state index contributed by atoms with van der Waals surface area (Å²) in [5, 5.41) is 13.7. The van der Waals surface area contributed by atoms with Gasteiger partial charge in [0, 0.05) is 25.1 Å². The van der Waals surface area contributed by atoms with Crippen LogP contribution < -0.4 is 14.8 Å². The lowest BCUT2D eigenvalue weighted by molar-refractivity contribution is 0.128. The fraction of sp³-hybridized carbons (Fsp3) is 0.625. The van der Waals surface area contributed by atoms with E-state index >= 15 is 0 Å². The molecule has 0 amide bonds. The first kappa shape index (κ1) is 14.9. The molecular formula is C16H22ClNO3. The van der Waals surface area contributed by atoms with Crippen LogP contribution in [-0.4, -0.2) is 31.5 Å². The van der Waals surface area contributed by atoms with E-state index in [1.165, 1.54) is 12.8 Å². The molecule has 21 heavy (non-hydrogen) atoms. The van der Waals surface area contributed by atoms with Gasteiger partial charge in [0.1, 0.15) is 13.2 Å². The smallest absolute Gasteiger partial charge is 0.179 e. The number of hydrogen-bond donors (Lipinski definition) is 2. The lowest BCUT2D eigenvalue weighted by Crippen LogP contribution is -2.34. The number of aliphatic hydroxyl groups is 1. The molecule has 2 N–H and O–H groups in total. The second kappa shape index (κ2) is 6.42. The number of aliphatic hydroxyl groups excluding tert-OH is 1. The van der Waals surface area contributed by atoms with Crippen molar-refractivity contribution in [1.82, 2.24) is 5.32 Å². The van der Waals surface area contributed by atoms with Crippen LogP contribution in [0.5, 0.6) is 11.5 Å². The normalized spacial score (nSPS) is 19.7. The van der Waals surface area contributed by atoms with Gasteiger partial charge >= 0.3 is 0 Å². The van der Waals surface area contributed by atoms with Crippen molar-refractivity contribution in [3.8, 4) is 11.5 Å². The summed E-state index contributed by atoms with van der Waals surface area (Å²) < 4.78 is 11.1. The highest BCUT2D eigenvalue weighted by Crippen LogP contribution is 2.39. The first-order valence-electron chi connectivity index (χ1n) is 7.62. The molecule has 1 saturated carbocycles. The maximum absolute atomic E-state index is 9.62. The predicted octanol–water partition coefficient (Wildman–Crippen LogP) is 2.75. The fourth-order valence-corrected chi connectivity index (χ4v) is 3.54. The van der Waals surface area contributed by atoms with Gasteiger partial charge in [-0.1, -0.05) is 24.4 Å². The molecule has 1 aliphatic heterocycles. The van der Waals surface area contributed by atoms with Gasteiger partial charge in [-0.05, 0) is 30.5 Å². The highest BCUT2D eigenvalue weighted by atomic mass is 35.5. The van der Waals surface area contributed by atoms with E-state index in [-0.39, 0.29) is 12.0 Å². The number of fused-ring (bicyclic) bond motifs is 1. The molecule has 1 heterocycles. The van der Waals surface area contributed by atoms with Crippen molar-refractivity contribution in [2.75, 3.05) is 26.4 Å². The van der Waals surface area contributed by atoms with Gasteiger partial charge in [-0.3, -0.25) is 0 Å². The van der Waals surface area contributed by atoms with E-state index in [4.69, 9.17) is 21.1 Å². The minimum atomic E-state index is 0.0671. The van der Waals surface area contributed by atoms with Crippen molar-refractivity contribution >= 4 is 11.6 Å². The molecule has 1 aromatic carbocycles. The number of benzene rings is 1. The zero-order chi connectivity index (χ0) is 14.7. The monoisotopic (exact) mass is 311 g/mol. The molecule has 0 spiro atoms. The van der Waals surface area contributed by atoms with E-state index in [0.717, 1.165) is 37.2 Å². The Balaban J connectivity index is 1.61. The molecule has 0 bridgehead atoms. The summed E-state index contributed by atoms with van der Waals surface area (Å²) in [4.78, 5) is 0. The minimum Gasteiger partial charge on any atom is -0.486 e. The van der Waals surface area contributed by atoms with Gasteiger partial charge in [0.05, 0.1) is 5.02 Å². The summed E-state index contributed by atoms with van der Waals surface area (Å²) in [6.07, 6.45) is 4.66. The van der Waals surface area contributed by atoms with Gasteiger partial charge in [-0.2, -0.15) is 0 Å². The molecule has 4 nitrogen and oxygen atoms in total. The molecule has 3 rings (SSSR count). The Hall–Kier alpha value is -0.970. The molecule has 0 saturated heterocycles. The van der Waals surface area contributed by atoms with Crippen molar-refractivity contribution in [1.29, 1.82) is 0 Å². The molecule has 0 unspecified atom stereocenters. The Kier molecular flexibility index (Phi) is 4.57. The maximum atomic E-state index is 9.62. The van der Waals surface area contributed by atoms with E-state index in [0.29, 0.717) is 24.0 Å². The van der Waals surface area contributed by atoms with Crippen molar-refractivity contribution in [3.63, 3.8) is 0 Å². The Morgan fingerprint density at radius 1 is 1.19 bits per heavy atom. The summed E-state index contributed by atoms with van der Waals surface area (Å²) >= 11 is 6.24. The number of nitrogens with one attached hydrogen (secondary N) is 1. The van der Waals surface area contributed by atoms with Crippen molar-refractivity contribution in [2.24, 2.45) is 5.41 Å². The Morgan fingerprint density at radius 3 is 2.71 bits per heavy atom. The third-order valence-electron chi connectivity index (χ3n) is 4.49. The van der Waals surface area contributed by atoms with Gasteiger partial charge in [0.2, 0.25) is 0 Å². The molecule has 5 heteroatoms. The summed E-state index contributed by atoms with van der Waals surface area (Å²) in [5.41, 5.74) is 1.15. The number of hydrogen-bond acceptors (Lipinski definition) is 4. The molecule has 0 atom stereocenters. The van der Waals surface area contributed by atoms with Crippen LogP contribution in [0, 0.1) is 5.41 Å². The molecule has 1 fully saturated rings. The number of ether oxygens (including phenoxy) is 2. The van der Waals surface area contributed by atoms with E-state index < -0.39 is 0 Å². The van der Waals surface area contributed by atoms with Crippen LogP contribution in [0.2, 0.25) is 5.02 Å². The van der Waals surface area contributed by atoms with Crippen LogP contribution in [0.25, 0.3) is 0 Å². The standard InChI is InChI=1S/C16H22ClNO3/c17-13-7-12(8-14-15(13)21-6-5-20-14)9-18-10-16(11-19)3-1-2-4-16/h7-8,18-19H,1-6,9-11H2. The average molecular weight is 312 g/mol. The van der Waals surface area contributed by atoms with E-state index in [1.54, 1.807) is 0 Å². The Bertz CT molecular complexity index is 501. The van der Waals surface area contributed by atoms with Gasteiger partial charge in [0.25, 0.3) is 0 Å². The van der Waals surface area contributed by atoms with E-state index in [1.807, 2.05) is 12.1 Å². The maximum Gasteiger partial charge on any atom is 0.179 e. The highest BCUT2D eigenvalue weighted by Gasteiger charge is 2.32. The second-order valence-corrected chi connectivity index (χ2v) is 6.48. The summed E-state index contributed by atoms with van der Waals surface area (Å²) in [5.74, 6) is 1.37. The lowest BCUT2D eigenvalue weighted by atomic mass is 9.87. The molecular weight excluding hydrogens is 290 g/mol. The number of halogens is 1. The van der Waals surface area contributed by atoms with Gasteiger partial charge in [-0.15, -0.1) is 0 Å². The zero-order valence-electron chi connectivity index (χ0n) is 12.2. The van der Waals surface area contributed by atoms with Crippen LogP contribution in [-0.2, 0) is 6.54 Å². The quantitative estimate of drug-likeness (QED) is 0.878. The minimum absolute atomic E-state index is 0.0671. The number of rotatable bonds is 5.